The zero-order chi connectivity index (χ0) is 22.3. The maximum atomic E-state index is 4.58. The molecule has 1 saturated heterocycles. The summed E-state index contributed by atoms with van der Waals surface area (Å²) >= 11 is 0. The first-order valence-corrected chi connectivity index (χ1v) is 11.3. The first-order valence-electron chi connectivity index (χ1n) is 11.3. The number of benzene rings is 1. The van der Waals surface area contributed by atoms with Gasteiger partial charge in [-0.25, -0.2) is 9.67 Å². The van der Waals surface area contributed by atoms with Crippen molar-refractivity contribution in [3.63, 3.8) is 0 Å². The van der Waals surface area contributed by atoms with Gasteiger partial charge in [0.1, 0.15) is 0 Å². The highest BCUT2D eigenvalue weighted by molar-refractivity contribution is 5.79. The molecule has 3 aromatic rings. The molecule has 3 heterocycles. The van der Waals surface area contributed by atoms with Gasteiger partial charge >= 0.3 is 0 Å². The van der Waals surface area contributed by atoms with Gasteiger partial charge in [-0.2, -0.15) is 5.10 Å². The van der Waals surface area contributed by atoms with Crippen LogP contribution in [0.15, 0.2) is 59.7 Å². The Labute approximate surface area is 190 Å². The van der Waals surface area contributed by atoms with Crippen molar-refractivity contribution in [2.45, 2.75) is 45.8 Å². The van der Waals surface area contributed by atoms with E-state index in [4.69, 9.17) is 0 Å². The number of nitrogens with zero attached hydrogens (tertiary/aromatic N) is 5. The molecule has 0 spiro atoms. The Bertz CT molecular complexity index is 1020. The molecule has 0 bridgehead atoms. The molecular formula is C25H33N7. The van der Waals surface area contributed by atoms with Crippen molar-refractivity contribution in [3.05, 3.63) is 77.2 Å². The van der Waals surface area contributed by atoms with Gasteiger partial charge in [-0.15, -0.1) is 0 Å². The largest absolute Gasteiger partial charge is 0.354 e. The number of pyridine rings is 1. The molecule has 0 aliphatic carbocycles. The molecule has 1 aliphatic heterocycles. The van der Waals surface area contributed by atoms with Crippen LogP contribution in [-0.2, 0) is 13.1 Å². The maximum absolute atomic E-state index is 4.58. The highest BCUT2D eigenvalue weighted by Crippen LogP contribution is 2.14. The predicted octanol–water partition coefficient (Wildman–Crippen LogP) is 3.21. The molecule has 0 atom stereocenters. The fourth-order valence-electron chi connectivity index (χ4n) is 4.16. The van der Waals surface area contributed by atoms with Gasteiger partial charge in [-0.1, -0.05) is 36.4 Å². The van der Waals surface area contributed by atoms with E-state index in [1.807, 2.05) is 37.8 Å². The lowest BCUT2D eigenvalue weighted by molar-refractivity contribution is 0.198. The molecule has 4 rings (SSSR count). The van der Waals surface area contributed by atoms with Gasteiger partial charge in [0, 0.05) is 51.2 Å². The van der Waals surface area contributed by atoms with E-state index in [9.17, 15) is 0 Å². The summed E-state index contributed by atoms with van der Waals surface area (Å²) in [6, 6.07) is 17.3. The van der Waals surface area contributed by atoms with Crippen LogP contribution in [0.25, 0.3) is 5.82 Å². The van der Waals surface area contributed by atoms with Crippen LogP contribution in [0.4, 0.5) is 0 Å². The van der Waals surface area contributed by atoms with Crippen molar-refractivity contribution >= 4 is 5.96 Å². The summed E-state index contributed by atoms with van der Waals surface area (Å²) in [5.41, 5.74) is 4.57. The van der Waals surface area contributed by atoms with Crippen LogP contribution in [0.2, 0.25) is 0 Å². The van der Waals surface area contributed by atoms with Gasteiger partial charge in [0.2, 0.25) is 0 Å². The van der Waals surface area contributed by atoms with Gasteiger partial charge in [0.25, 0.3) is 0 Å². The number of hydrogen-bond donors (Lipinski definition) is 2. The Morgan fingerprint density at radius 3 is 2.47 bits per heavy atom. The number of piperidine rings is 1. The van der Waals surface area contributed by atoms with Gasteiger partial charge in [-0.3, -0.25) is 9.89 Å². The minimum atomic E-state index is 0.444. The molecule has 32 heavy (non-hydrogen) atoms. The summed E-state index contributed by atoms with van der Waals surface area (Å²) in [7, 11) is 1.82. The number of aromatic nitrogens is 3. The third-order valence-corrected chi connectivity index (χ3v) is 5.90. The second kappa shape index (κ2) is 10.4. The first kappa shape index (κ1) is 22.0. The van der Waals surface area contributed by atoms with E-state index in [-0.39, 0.29) is 0 Å². The standard InChI is InChI=1S/C25H33N7/c1-19-15-20(2)32(30-19)24-10-9-22(16-27-24)17-28-25(26-3)29-23-11-13-31(14-12-23)18-21-7-5-4-6-8-21/h4-10,15-16,23H,11-14,17-18H2,1-3H3,(H2,26,28,29). The van der Waals surface area contributed by atoms with Gasteiger partial charge in [0.05, 0.1) is 5.69 Å². The summed E-state index contributed by atoms with van der Waals surface area (Å²) in [6.45, 7) is 7.94. The third kappa shape index (κ3) is 5.73. The molecule has 0 radical (unpaired) electrons. The molecule has 1 aromatic carbocycles. The average Bonchev–Trinajstić information content (AvgIpc) is 3.16. The van der Waals surface area contributed by atoms with Gasteiger partial charge < -0.3 is 10.6 Å². The predicted molar refractivity (Wildman–Crippen MR) is 129 cm³/mol. The first-order chi connectivity index (χ1) is 15.6. The zero-order valence-electron chi connectivity index (χ0n) is 19.3. The number of nitrogens with one attached hydrogen (secondary N) is 2. The van der Waals surface area contributed by atoms with Crippen molar-refractivity contribution in [1.29, 1.82) is 0 Å². The van der Waals surface area contributed by atoms with Crippen LogP contribution >= 0.6 is 0 Å². The van der Waals surface area contributed by atoms with E-state index in [1.54, 1.807) is 0 Å². The Morgan fingerprint density at radius 2 is 1.84 bits per heavy atom. The van der Waals surface area contributed by atoms with Crippen LogP contribution in [0.3, 0.4) is 0 Å². The van der Waals surface area contributed by atoms with Crippen LogP contribution in [0.5, 0.6) is 0 Å². The number of aryl methyl sites for hydroxylation is 2. The maximum Gasteiger partial charge on any atom is 0.191 e. The molecular weight excluding hydrogens is 398 g/mol. The quantitative estimate of drug-likeness (QED) is 0.463. The summed E-state index contributed by atoms with van der Waals surface area (Å²) < 4.78 is 1.87. The molecule has 7 heteroatoms. The van der Waals surface area contributed by atoms with Crippen molar-refractivity contribution in [2.24, 2.45) is 4.99 Å². The molecule has 2 N–H and O–H groups in total. The Balaban J connectivity index is 1.23. The average molecular weight is 432 g/mol. The fraction of sp³-hybridized carbons (Fsp3) is 0.400. The van der Waals surface area contributed by atoms with E-state index in [0.717, 1.165) is 61.2 Å². The smallest absolute Gasteiger partial charge is 0.191 e. The molecule has 1 fully saturated rings. The van der Waals surface area contributed by atoms with E-state index >= 15 is 0 Å². The highest BCUT2D eigenvalue weighted by Gasteiger charge is 2.20. The SMILES string of the molecule is CN=C(NCc1ccc(-n2nc(C)cc2C)nc1)NC1CCN(Cc2ccccc2)CC1. The molecule has 168 valence electrons. The minimum Gasteiger partial charge on any atom is -0.354 e. The normalized spacial score (nSPS) is 15.7. The van der Waals surface area contributed by atoms with Crippen LogP contribution < -0.4 is 10.6 Å². The number of rotatable bonds is 6. The summed E-state index contributed by atoms with van der Waals surface area (Å²) in [5, 5.41) is 11.5. The van der Waals surface area contributed by atoms with Gasteiger partial charge in [-0.05, 0) is 49.9 Å². The second-order valence-corrected chi connectivity index (χ2v) is 8.47. The Hall–Kier alpha value is -3.19. The lowest BCUT2D eigenvalue weighted by atomic mass is 10.0. The van der Waals surface area contributed by atoms with E-state index in [2.05, 4.69) is 73.1 Å². The van der Waals surface area contributed by atoms with E-state index in [1.165, 1.54) is 5.56 Å². The molecule has 1 aliphatic rings. The highest BCUT2D eigenvalue weighted by atomic mass is 15.3. The number of aliphatic imine (C=N–C) groups is 1. The number of guanidine groups is 1. The molecule has 0 amide bonds. The van der Waals surface area contributed by atoms with Crippen molar-refractivity contribution in [1.82, 2.24) is 30.3 Å². The number of hydrogen-bond acceptors (Lipinski definition) is 4. The molecule has 2 aromatic heterocycles. The van der Waals surface area contributed by atoms with E-state index < -0.39 is 0 Å². The molecule has 0 unspecified atom stereocenters. The fourth-order valence-corrected chi connectivity index (χ4v) is 4.16. The Morgan fingerprint density at radius 1 is 1.06 bits per heavy atom. The Kier molecular flexibility index (Phi) is 7.17. The number of likely N-dealkylation sites (tertiary alicyclic amines) is 1. The summed E-state index contributed by atoms with van der Waals surface area (Å²) in [5.74, 6) is 1.68. The third-order valence-electron chi connectivity index (χ3n) is 5.90. The lowest BCUT2D eigenvalue weighted by Crippen LogP contribution is -2.48. The lowest BCUT2D eigenvalue weighted by Gasteiger charge is -2.33. The summed E-state index contributed by atoms with van der Waals surface area (Å²) in [4.78, 5) is 11.5. The van der Waals surface area contributed by atoms with Crippen LogP contribution in [0, 0.1) is 13.8 Å². The summed E-state index contributed by atoms with van der Waals surface area (Å²) in [6.07, 6.45) is 4.13. The minimum absolute atomic E-state index is 0.444. The second-order valence-electron chi connectivity index (χ2n) is 8.47. The molecule has 0 saturated carbocycles. The van der Waals surface area contributed by atoms with Crippen molar-refractivity contribution in [2.75, 3.05) is 20.1 Å². The topological polar surface area (TPSA) is 70.4 Å². The monoisotopic (exact) mass is 431 g/mol. The van der Waals surface area contributed by atoms with Crippen molar-refractivity contribution < 1.29 is 0 Å². The van der Waals surface area contributed by atoms with Crippen molar-refractivity contribution in [3.8, 4) is 5.82 Å². The van der Waals surface area contributed by atoms with Crippen LogP contribution in [-0.4, -0.2) is 51.8 Å². The van der Waals surface area contributed by atoms with Crippen LogP contribution in [0.1, 0.15) is 35.4 Å². The zero-order valence-corrected chi connectivity index (χ0v) is 19.3. The van der Waals surface area contributed by atoms with E-state index in [0.29, 0.717) is 12.6 Å². The molecule has 7 nitrogen and oxygen atoms in total. The van der Waals surface area contributed by atoms with Gasteiger partial charge in [0.15, 0.2) is 11.8 Å².